The molecule has 0 aromatic rings. The van der Waals surface area contributed by atoms with E-state index in [-0.39, 0.29) is 5.60 Å². The van der Waals surface area contributed by atoms with E-state index in [1.54, 1.807) is 0 Å². The topological polar surface area (TPSA) is 18.5 Å². The molecule has 0 aliphatic carbocycles. The van der Waals surface area contributed by atoms with Gasteiger partial charge in [-0.2, -0.15) is 0 Å². The zero-order valence-corrected chi connectivity index (χ0v) is 10.3. The van der Waals surface area contributed by atoms with Crippen LogP contribution >= 0.6 is 11.6 Å². The lowest BCUT2D eigenvalue weighted by Gasteiger charge is -2.37. The maximum Gasteiger partial charge on any atom is 0.0939 e. The molecule has 2 saturated heterocycles. The second-order valence-electron chi connectivity index (χ2n) is 5.19. The van der Waals surface area contributed by atoms with Gasteiger partial charge in [0, 0.05) is 25.5 Å². The van der Waals surface area contributed by atoms with E-state index in [1.165, 1.54) is 19.3 Å². The van der Waals surface area contributed by atoms with Crippen molar-refractivity contribution in [1.82, 2.24) is 0 Å². The fourth-order valence-electron chi connectivity index (χ4n) is 2.83. The Labute approximate surface area is 97.3 Å². The van der Waals surface area contributed by atoms with E-state index in [4.69, 9.17) is 21.1 Å². The van der Waals surface area contributed by atoms with E-state index >= 15 is 0 Å². The number of ether oxygens (including phenoxy) is 2. The highest BCUT2D eigenvalue weighted by Crippen LogP contribution is 2.38. The summed E-state index contributed by atoms with van der Waals surface area (Å²) in [5, 5.41) is 0. The maximum absolute atomic E-state index is 5.91. The summed E-state index contributed by atoms with van der Waals surface area (Å²) >= 11 is 5.87. The van der Waals surface area contributed by atoms with Gasteiger partial charge in [-0.15, -0.1) is 11.6 Å². The first-order chi connectivity index (χ1) is 7.24. The molecule has 3 atom stereocenters. The van der Waals surface area contributed by atoms with Crippen molar-refractivity contribution in [3.05, 3.63) is 0 Å². The Kier molecular flexibility index (Phi) is 3.92. The monoisotopic (exact) mass is 232 g/mol. The highest BCUT2D eigenvalue weighted by atomic mass is 35.5. The first-order valence-corrected chi connectivity index (χ1v) is 6.55. The third-order valence-corrected chi connectivity index (χ3v) is 4.19. The molecule has 2 rings (SSSR count). The number of rotatable bonds is 3. The molecule has 2 aliphatic rings. The molecule has 15 heavy (non-hydrogen) atoms. The molecular weight excluding hydrogens is 212 g/mol. The number of hydrogen-bond donors (Lipinski definition) is 0. The molecule has 3 unspecified atom stereocenters. The quantitative estimate of drug-likeness (QED) is 0.697. The van der Waals surface area contributed by atoms with Crippen molar-refractivity contribution in [3.63, 3.8) is 0 Å². The van der Waals surface area contributed by atoms with Gasteiger partial charge in [-0.05, 0) is 31.1 Å². The minimum absolute atomic E-state index is 0.0644. The van der Waals surface area contributed by atoms with Gasteiger partial charge in [0.2, 0.25) is 0 Å². The molecule has 2 fully saturated rings. The van der Waals surface area contributed by atoms with Crippen LogP contribution in [0.4, 0.5) is 0 Å². The Morgan fingerprint density at radius 3 is 3.00 bits per heavy atom. The van der Waals surface area contributed by atoms with E-state index in [0.29, 0.717) is 5.92 Å². The zero-order valence-electron chi connectivity index (χ0n) is 9.51. The maximum atomic E-state index is 5.91. The standard InChI is InChI=1S/C12H21ClO2/c1-10(8-13)6-11-2-4-15-12(7-11)3-5-14-9-12/h10-11H,2-9H2,1H3. The van der Waals surface area contributed by atoms with Crippen LogP contribution in [0.3, 0.4) is 0 Å². The second-order valence-corrected chi connectivity index (χ2v) is 5.50. The van der Waals surface area contributed by atoms with Gasteiger partial charge in [0.1, 0.15) is 0 Å². The molecule has 3 heteroatoms. The number of hydrogen-bond acceptors (Lipinski definition) is 2. The van der Waals surface area contributed by atoms with Gasteiger partial charge in [-0.3, -0.25) is 0 Å². The van der Waals surface area contributed by atoms with E-state index in [0.717, 1.165) is 38.0 Å². The van der Waals surface area contributed by atoms with Crippen molar-refractivity contribution in [2.45, 2.75) is 38.2 Å². The third kappa shape index (κ3) is 2.86. The summed E-state index contributed by atoms with van der Waals surface area (Å²) in [7, 11) is 0. The van der Waals surface area contributed by atoms with Crippen LogP contribution in [0, 0.1) is 11.8 Å². The molecule has 1 spiro atoms. The molecule has 0 aromatic heterocycles. The third-order valence-electron chi connectivity index (χ3n) is 3.66. The number of halogens is 1. The summed E-state index contributed by atoms with van der Waals surface area (Å²) in [5.41, 5.74) is 0.0644. The average molecular weight is 233 g/mol. The van der Waals surface area contributed by atoms with Crippen LogP contribution in [0.2, 0.25) is 0 Å². The summed E-state index contributed by atoms with van der Waals surface area (Å²) in [6.07, 6.45) is 4.70. The van der Waals surface area contributed by atoms with Crippen molar-refractivity contribution in [3.8, 4) is 0 Å². The lowest BCUT2D eigenvalue weighted by molar-refractivity contribution is -0.100. The molecular formula is C12H21ClO2. The second kappa shape index (κ2) is 5.03. The van der Waals surface area contributed by atoms with Crippen LogP contribution in [-0.4, -0.2) is 31.3 Å². The predicted molar refractivity (Wildman–Crippen MR) is 61.3 cm³/mol. The molecule has 0 aromatic carbocycles. The fraction of sp³-hybridized carbons (Fsp3) is 1.00. The summed E-state index contributed by atoms with van der Waals surface area (Å²) < 4.78 is 11.4. The SMILES string of the molecule is CC(CCl)CC1CCOC2(CCOC2)C1. The Morgan fingerprint density at radius 2 is 2.33 bits per heavy atom. The molecule has 0 N–H and O–H groups in total. The minimum Gasteiger partial charge on any atom is -0.378 e. The van der Waals surface area contributed by atoms with Crippen molar-refractivity contribution in [1.29, 1.82) is 0 Å². The highest BCUT2D eigenvalue weighted by molar-refractivity contribution is 6.18. The molecule has 2 aliphatic heterocycles. The van der Waals surface area contributed by atoms with E-state index < -0.39 is 0 Å². The van der Waals surface area contributed by atoms with E-state index in [2.05, 4.69) is 6.92 Å². The highest BCUT2D eigenvalue weighted by Gasteiger charge is 2.40. The van der Waals surface area contributed by atoms with Crippen LogP contribution in [0.15, 0.2) is 0 Å². The van der Waals surface area contributed by atoms with Crippen molar-refractivity contribution < 1.29 is 9.47 Å². The normalized spacial score (nSPS) is 38.4. The Balaban J connectivity index is 1.86. The average Bonchev–Trinajstić information content (AvgIpc) is 2.66. The Hall–Kier alpha value is 0.210. The molecule has 0 saturated carbocycles. The Morgan fingerprint density at radius 1 is 1.47 bits per heavy atom. The summed E-state index contributed by atoms with van der Waals surface area (Å²) in [4.78, 5) is 0. The van der Waals surface area contributed by atoms with Crippen molar-refractivity contribution in [2.24, 2.45) is 11.8 Å². The van der Waals surface area contributed by atoms with Gasteiger partial charge < -0.3 is 9.47 Å². The molecule has 2 heterocycles. The molecule has 0 bridgehead atoms. The van der Waals surface area contributed by atoms with Crippen LogP contribution < -0.4 is 0 Å². The van der Waals surface area contributed by atoms with E-state index in [1.807, 2.05) is 0 Å². The van der Waals surface area contributed by atoms with Crippen LogP contribution in [0.1, 0.15) is 32.6 Å². The molecule has 88 valence electrons. The van der Waals surface area contributed by atoms with Crippen LogP contribution in [-0.2, 0) is 9.47 Å². The molecule has 0 amide bonds. The van der Waals surface area contributed by atoms with Gasteiger partial charge in [-0.25, -0.2) is 0 Å². The Bertz CT molecular complexity index is 202. The first-order valence-electron chi connectivity index (χ1n) is 6.02. The first kappa shape index (κ1) is 11.7. The summed E-state index contributed by atoms with van der Waals surface area (Å²) in [6, 6.07) is 0. The largest absolute Gasteiger partial charge is 0.378 e. The van der Waals surface area contributed by atoms with Gasteiger partial charge in [0.15, 0.2) is 0 Å². The number of alkyl halides is 1. The molecule has 2 nitrogen and oxygen atoms in total. The van der Waals surface area contributed by atoms with Crippen LogP contribution in [0.5, 0.6) is 0 Å². The smallest absolute Gasteiger partial charge is 0.0939 e. The van der Waals surface area contributed by atoms with Crippen molar-refractivity contribution >= 4 is 11.6 Å². The summed E-state index contributed by atoms with van der Waals surface area (Å²) in [6.45, 7) is 4.82. The molecule has 0 radical (unpaired) electrons. The summed E-state index contributed by atoms with van der Waals surface area (Å²) in [5.74, 6) is 2.20. The van der Waals surface area contributed by atoms with Gasteiger partial charge >= 0.3 is 0 Å². The zero-order chi connectivity index (χ0) is 10.7. The lowest BCUT2D eigenvalue weighted by Crippen LogP contribution is -2.40. The fourth-order valence-corrected chi connectivity index (χ4v) is 2.95. The lowest BCUT2D eigenvalue weighted by atomic mass is 9.81. The van der Waals surface area contributed by atoms with Gasteiger partial charge in [0.25, 0.3) is 0 Å². The van der Waals surface area contributed by atoms with E-state index in [9.17, 15) is 0 Å². The predicted octanol–water partition coefficient (Wildman–Crippen LogP) is 2.84. The van der Waals surface area contributed by atoms with Gasteiger partial charge in [-0.1, -0.05) is 6.92 Å². The van der Waals surface area contributed by atoms with Crippen molar-refractivity contribution in [2.75, 3.05) is 25.7 Å². The minimum atomic E-state index is 0.0644. The van der Waals surface area contributed by atoms with Gasteiger partial charge in [0.05, 0.1) is 12.2 Å². The van der Waals surface area contributed by atoms with Crippen LogP contribution in [0.25, 0.3) is 0 Å².